The second-order valence-electron chi connectivity index (χ2n) is 4.03. The molecule has 0 aliphatic carbocycles. The average molecular weight is 416 g/mol. The maximum atomic E-state index is 9.65. The summed E-state index contributed by atoms with van der Waals surface area (Å²) in [5.74, 6) is 0.404. The Morgan fingerprint density at radius 2 is 1.64 bits per heavy atom. The van der Waals surface area contributed by atoms with Gasteiger partial charge >= 0.3 is 0 Å². The molecule has 0 atom stereocenters. The molecule has 0 heterocycles. The van der Waals surface area contributed by atoms with E-state index in [1.54, 1.807) is 0 Å². The lowest BCUT2D eigenvalue weighted by molar-refractivity contribution is 0.463. The molecular formula is C11H14I2O. The Labute approximate surface area is 113 Å². The second-order valence-corrected chi connectivity index (χ2v) is 6.35. The van der Waals surface area contributed by atoms with Crippen molar-refractivity contribution < 1.29 is 5.11 Å². The largest absolute Gasteiger partial charge is 0.506 e. The van der Waals surface area contributed by atoms with E-state index in [2.05, 4.69) is 78.1 Å². The molecule has 1 N–H and O–H groups in total. The van der Waals surface area contributed by atoms with E-state index in [1.165, 1.54) is 5.56 Å². The van der Waals surface area contributed by atoms with E-state index in [0.29, 0.717) is 5.75 Å². The predicted octanol–water partition coefficient (Wildman–Crippen LogP) is 4.29. The standard InChI is InChI=1S/C11H14I2O/c1-4-11(2,3)7-5-8(12)10(14)9(13)6-7/h5-6,14H,4H2,1-3H3. The van der Waals surface area contributed by atoms with Gasteiger partial charge in [-0.05, 0) is 74.7 Å². The Balaban J connectivity index is 3.26. The molecule has 1 rings (SSSR count). The highest BCUT2D eigenvalue weighted by molar-refractivity contribution is 14.1. The summed E-state index contributed by atoms with van der Waals surface area (Å²) in [5, 5.41) is 9.65. The van der Waals surface area contributed by atoms with Crippen LogP contribution in [0.5, 0.6) is 5.75 Å². The second kappa shape index (κ2) is 4.55. The molecule has 0 bridgehead atoms. The lowest BCUT2D eigenvalue weighted by Crippen LogP contribution is -2.15. The van der Waals surface area contributed by atoms with E-state index in [0.717, 1.165) is 13.6 Å². The van der Waals surface area contributed by atoms with Gasteiger partial charge in [0.05, 0.1) is 7.14 Å². The molecule has 14 heavy (non-hydrogen) atoms. The minimum Gasteiger partial charge on any atom is -0.506 e. The van der Waals surface area contributed by atoms with Gasteiger partial charge in [-0.3, -0.25) is 0 Å². The molecule has 1 aromatic rings. The van der Waals surface area contributed by atoms with Gasteiger partial charge in [-0.2, -0.15) is 0 Å². The van der Waals surface area contributed by atoms with E-state index in [9.17, 15) is 5.11 Å². The summed E-state index contributed by atoms with van der Waals surface area (Å²) in [5.41, 5.74) is 1.49. The van der Waals surface area contributed by atoms with Gasteiger partial charge in [0, 0.05) is 0 Å². The van der Waals surface area contributed by atoms with Gasteiger partial charge in [-0.1, -0.05) is 20.8 Å². The van der Waals surface area contributed by atoms with E-state index >= 15 is 0 Å². The molecule has 0 amide bonds. The van der Waals surface area contributed by atoms with Crippen LogP contribution in [-0.4, -0.2) is 5.11 Å². The van der Waals surface area contributed by atoms with Crippen LogP contribution in [0.4, 0.5) is 0 Å². The Bertz CT molecular complexity index is 322. The van der Waals surface area contributed by atoms with Gasteiger partial charge < -0.3 is 5.11 Å². The number of halogens is 2. The predicted molar refractivity (Wildman–Crippen MR) is 76.9 cm³/mol. The highest BCUT2D eigenvalue weighted by atomic mass is 127. The van der Waals surface area contributed by atoms with Crippen LogP contribution in [0.15, 0.2) is 12.1 Å². The van der Waals surface area contributed by atoms with E-state index in [4.69, 9.17) is 0 Å². The van der Waals surface area contributed by atoms with Gasteiger partial charge in [-0.15, -0.1) is 0 Å². The van der Waals surface area contributed by atoms with Crippen molar-refractivity contribution in [3.8, 4) is 5.75 Å². The quantitative estimate of drug-likeness (QED) is 0.714. The molecule has 0 saturated heterocycles. The van der Waals surface area contributed by atoms with Gasteiger partial charge in [-0.25, -0.2) is 0 Å². The fourth-order valence-corrected chi connectivity index (χ4v) is 2.93. The summed E-state index contributed by atoms with van der Waals surface area (Å²) < 4.78 is 1.87. The summed E-state index contributed by atoms with van der Waals surface area (Å²) in [4.78, 5) is 0. The number of hydrogen-bond donors (Lipinski definition) is 1. The zero-order chi connectivity index (χ0) is 10.9. The Morgan fingerprint density at radius 3 is 2.00 bits per heavy atom. The molecule has 0 unspecified atom stereocenters. The molecule has 0 spiro atoms. The minimum atomic E-state index is 0.188. The van der Waals surface area contributed by atoms with Gasteiger partial charge in [0.15, 0.2) is 0 Å². The molecule has 0 aromatic heterocycles. The highest BCUT2D eigenvalue weighted by Crippen LogP contribution is 2.34. The lowest BCUT2D eigenvalue weighted by Gasteiger charge is -2.24. The topological polar surface area (TPSA) is 20.2 Å². The third-order valence-electron chi connectivity index (χ3n) is 2.68. The van der Waals surface area contributed by atoms with Crippen LogP contribution in [0.1, 0.15) is 32.8 Å². The smallest absolute Gasteiger partial charge is 0.142 e. The van der Waals surface area contributed by atoms with E-state index in [-0.39, 0.29) is 5.41 Å². The van der Waals surface area contributed by atoms with Crippen molar-refractivity contribution in [2.45, 2.75) is 32.6 Å². The summed E-state index contributed by atoms with van der Waals surface area (Å²) >= 11 is 4.35. The lowest BCUT2D eigenvalue weighted by atomic mass is 9.82. The van der Waals surface area contributed by atoms with Crippen LogP contribution in [-0.2, 0) is 5.41 Å². The molecule has 0 aliphatic heterocycles. The number of phenolic OH excluding ortho intramolecular Hbond substituents is 1. The normalized spacial score (nSPS) is 11.8. The fraction of sp³-hybridized carbons (Fsp3) is 0.455. The van der Waals surface area contributed by atoms with Crippen LogP contribution >= 0.6 is 45.2 Å². The Hall–Kier alpha value is 0.480. The minimum absolute atomic E-state index is 0.188. The third-order valence-corrected chi connectivity index (χ3v) is 4.33. The summed E-state index contributed by atoms with van der Waals surface area (Å²) in [6.07, 6.45) is 1.10. The van der Waals surface area contributed by atoms with Crippen LogP contribution in [0.2, 0.25) is 0 Å². The van der Waals surface area contributed by atoms with Crippen LogP contribution in [0.25, 0.3) is 0 Å². The van der Waals surface area contributed by atoms with Crippen molar-refractivity contribution in [1.82, 2.24) is 0 Å². The van der Waals surface area contributed by atoms with Crippen molar-refractivity contribution in [2.24, 2.45) is 0 Å². The number of phenols is 1. The van der Waals surface area contributed by atoms with Crippen molar-refractivity contribution in [3.63, 3.8) is 0 Å². The molecule has 0 saturated carbocycles. The molecule has 1 aromatic carbocycles. The number of benzene rings is 1. The third kappa shape index (κ3) is 2.53. The van der Waals surface area contributed by atoms with Crippen LogP contribution in [0, 0.1) is 7.14 Å². The molecule has 0 aliphatic rings. The monoisotopic (exact) mass is 416 g/mol. The van der Waals surface area contributed by atoms with Gasteiger partial charge in [0.1, 0.15) is 5.75 Å². The number of aromatic hydroxyl groups is 1. The summed E-state index contributed by atoms with van der Waals surface area (Å²) in [6.45, 7) is 6.64. The number of hydrogen-bond acceptors (Lipinski definition) is 1. The summed E-state index contributed by atoms with van der Waals surface area (Å²) in [6, 6.07) is 4.14. The molecule has 1 nitrogen and oxygen atoms in total. The van der Waals surface area contributed by atoms with Gasteiger partial charge in [0.25, 0.3) is 0 Å². The zero-order valence-corrected chi connectivity index (χ0v) is 12.9. The Morgan fingerprint density at radius 1 is 1.21 bits per heavy atom. The van der Waals surface area contributed by atoms with E-state index < -0.39 is 0 Å². The maximum Gasteiger partial charge on any atom is 0.142 e. The molecule has 0 fully saturated rings. The Kier molecular flexibility index (Phi) is 4.08. The molecular weight excluding hydrogens is 402 g/mol. The first-order chi connectivity index (χ1) is 6.38. The SMILES string of the molecule is CCC(C)(C)c1cc(I)c(O)c(I)c1. The maximum absolute atomic E-state index is 9.65. The highest BCUT2D eigenvalue weighted by Gasteiger charge is 2.20. The molecule has 3 heteroatoms. The first-order valence-corrected chi connectivity index (χ1v) is 6.72. The first-order valence-electron chi connectivity index (χ1n) is 4.57. The van der Waals surface area contributed by atoms with Crippen LogP contribution in [0.3, 0.4) is 0 Å². The average Bonchev–Trinajstić information content (AvgIpc) is 2.13. The van der Waals surface area contributed by atoms with Gasteiger partial charge in [0.2, 0.25) is 0 Å². The fourth-order valence-electron chi connectivity index (χ4n) is 1.16. The van der Waals surface area contributed by atoms with Crippen molar-refractivity contribution in [3.05, 3.63) is 24.8 Å². The van der Waals surface area contributed by atoms with Crippen molar-refractivity contribution in [2.75, 3.05) is 0 Å². The first kappa shape index (κ1) is 12.5. The van der Waals surface area contributed by atoms with Crippen LogP contribution < -0.4 is 0 Å². The zero-order valence-electron chi connectivity index (χ0n) is 8.56. The number of rotatable bonds is 2. The molecule has 0 radical (unpaired) electrons. The summed E-state index contributed by atoms with van der Waals surface area (Å²) in [7, 11) is 0. The van der Waals surface area contributed by atoms with E-state index in [1.807, 2.05) is 0 Å². The molecule has 78 valence electrons. The van der Waals surface area contributed by atoms with Crippen molar-refractivity contribution >= 4 is 45.2 Å². The van der Waals surface area contributed by atoms with Crippen molar-refractivity contribution in [1.29, 1.82) is 0 Å².